The number of rotatable bonds is 6. The second-order valence-corrected chi connectivity index (χ2v) is 8.18. The van der Waals surface area contributed by atoms with E-state index in [0.29, 0.717) is 16.9 Å². The molecule has 0 saturated heterocycles. The van der Waals surface area contributed by atoms with E-state index in [1.165, 1.54) is 12.8 Å². The van der Waals surface area contributed by atoms with E-state index in [-0.39, 0.29) is 6.04 Å². The van der Waals surface area contributed by atoms with E-state index in [9.17, 15) is 8.42 Å². The Hall–Kier alpha value is -1.11. The fraction of sp³-hybridized carbons (Fsp3) is 0.625. The lowest BCUT2D eigenvalue weighted by atomic mass is 9.86. The third kappa shape index (κ3) is 4.97. The Morgan fingerprint density at radius 1 is 1.14 bits per heavy atom. The number of anilines is 1. The van der Waals surface area contributed by atoms with E-state index in [1.807, 2.05) is 26.0 Å². The van der Waals surface area contributed by atoms with Crippen molar-refractivity contribution in [3.05, 3.63) is 24.3 Å². The molecule has 22 heavy (non-hydrogen) atoms. The van der Waals surface area contributed by atoms with Crippen molar-refractivity contribution in [2.24, 2.45) is 11.7 Å². The zero-order chi connectivity index (χ0) is 16.2. The number of hydrogen-bond donors (Lipinski definition) is 3. The molecule has 0 spiro atoms. The summed E-state index contributed by atoms with van der Waals surface area (Å²) in [5, 5.41) is 3.39. The van der Waals surface area contributed by atoms with E-state index >= 15 is 0 Å². The summed E-state index contributed by atoms with van der Waals surface area (Å²) in [6.07, 6.45) is 4.53. The van der Waals surface area contributed by atoms with Gasteiger partial charge in [0.25, 0.3) is 0 Å². The highest BCUT2D eigenvalue weighted by atomic mass is 32.2. The zero-order valence-electron chi connectivity index (χ0n) is 13.4. The minimum atomic E-state index is -3.41. The molecule has 124 valence electrons. The average molecular weight is 325 g/mol. The Labute approximate surface area is 133 Å². The third-order valence-corrected chi connectivity index (χ3v) is 5.72. The van der Waals surface area contributed by atoms with Crippen LogP contribution in [0.5, 0.6) is 0 Å². The Balaban J connectivity index is 1.89. The quantitative estimate of drug-likeness (QED) is 0.749. The smallest absolute Gasteiger partial charge is 0.240 e. The molecule has 1 saturated carbocycles. The highest BCUT2D eigenvalue weighted by Crippen LogP contribution is 2.24. The van der Waals surface area contributed by atoms with Gasteiger partial charge >= 0.3 is 0 Å². The van der Waals surface area contributed by atoms with Crippen molar-refractivity contribution >= 4 is 15.7 Å². The maximum atomic E-state index is 12.0. The summed E-state index contributed by atoms with van der Waals surface area (Å²) >= 11 is 0. The number of nitrogens with two attached hydrogens (primary N) is 1. The first-order chi connectivity index (χ1) is 10.4. The van der Waals surface area contributed by atoms with Gasteiger partial charge in [-0.05, 0) is 69.7 Å². The average Bonchev–Trinajstić information content (AvgIpc) is 2.46. The molecule has 0 bridgehead atoms. The first-order valence-electron chi connectivity index (χ1n) is 7.98. The van der Waals surface area contributed by atoms with Crippen LogP contribution in [-0.2, 0) is 10.0 Å². The largest absolute Gasteiger partial charge is 0.385 e. The Bertz CT molecular complexity index is 562. The normalized spacial score (nSPS) is 22.7. The standard InChI is InChI=1S/C16H27N3O2S/c1-12(2)19-22(20,21)16-9-7-15(8-10-16)18-11-13-3-5-14(17)6-4-13/h7-10,12-14,18-19H,3-6,11,17H2,1-2H3. The maximum absolute atomic E-state index is 12.0. The van der Waals surface area contributed by atoms with Crippen molar-refractivity contribution in [1.82, 2.24) is 4.72 Å². The van der Waals surface area contributed by atoms with Crippen LogP contribution >= 0.6 is 0 Å². The van der Waals surface area contributed by atoms with Gasteiger partial charge in [0.2, 0.25) is 10.0 Å². The SMILES string of the molecule is CC(C)NS(=O)(=O)c1ccc(NCC2CCC(N)CC2)cc1. The molecule has 0 amide bonds. The molecular formula is C16H27N3O2S. The fourth-order valence-corrected chi connectivity index (χ4v) is 4.04. The molecule has 4 N–H and O–H groups in total. The molecule has 0 aromatic heterocycles. The van der Waals surface area contributed by atoms with Crippen LogP contribution in [-0.4, -0.2) is 27.0 Å². The van der Waals surface area contributed by atoms with Gasteiger partial charge in [-0.25, -0.2) is 13.1 Å². The van der Waals surface area contributed by atoms with Crippen molar-refractivity contribution < 1.29 is 8.42 Å². The first kappa shape index (κ1) is 17.2. The van der Waals surface area contributed by atoms with Gasteiger partial charge in [-0.1, -0.05) is 0 Å². The monoisotopic (exact) mass is 325 g/mol. The van der Waals surface area contributed by atoms with Crippen LogP contribution in [0, 0.1) is 5.92 Å². The predicted molar refractivity (Wildman–Crippen MR) is 90.3 cm³/mol. The molecule has 5 nitrogen and oxygen atoms in total. The summed E-state index contributed by atoms with van der Waals surface area (Å²) in [5.41, 5.74) is 6.87. The van der Waals surface area contributed by atoms with Gasteiger partial charge < -0.3 is 11.1 Å². The van der Waals surface area contributed by atoms with Crippen LogP contribution in [0.15, 0.2) is 29.2 Å². The molecule has 1 aliphatic rings. The van der Waals surface area contributed by atoms with Crippen LogP contribution in [0.25, 0.3) is 0 Å². The Kier molecular flexibility index (Phi) is 5.83. The molecule has 1 fully saturated rings. The molecule has 1 aliphatic carbocycles. The van der Waals surface area contributed by atoms with Crippen LogP contribution in [0.3, 0.4) is 0 Å². The van der Waals surface area contributed by atoms with Gasteiger partial charge in [-0.15, -0.1) is 0 Å². The van der Waals surface area contributed by atoms with Gasteiger partial charge in [0.1, 0.15) is 0 Å². The summed E-state index contributed by atoms with van der Waals surface area (Å²) in [6, 6.07) is 7.19. The highest BCUT2D eigenvalue weighted by molar-refractivity contribution is 7.89. The topological polar surface area (TPSA) is 84.2 Å². The lowest BCUT2D eigenvalue weighted by Crippen LogP contribution is -2.30. The summed E-state index contributed by atoms with van der Waals surface area (Å²) in [5.74, 6) is 0.658. The molecule has 0 atom stereocenters. The van der Waals surface area contributed by atoms with Crippen molar-refractivity contribution in [3.8, 4) is 0 Å². The van der Waals surface area contributed by atoms with Gasteiger partial charge in [0.05, 0.1) is 4.90 Å². The summed E-state index contributed by atoms with van der Waals surface area (Å²) in [4.78, 5) is 0.301. The van der Waals surface area contributed by atoms with Crippen LogP contribution in [0.4, 0.5) is 5.69 Å². The summed E-state index contributed by atoms with van der Waals surface area (Å²) in [7, 11) is -3.41. The molecule has 0 unspecified atom stereocenters. The predicted octanol–water partition coefficient (Wildman–Crippen LogP) is 2.30. The molecule has 2 rings (SSSR count). The van der Waals surface area contributed by atoms with E-state index in [1.54, 1.807) is 12.1 Å². The van der Waals surface area contributed by atoms with E-state index in [2.05, 4.69) is 10.0 Å². The maximum Gasteiger partial charge on any atom is 0.240 e. The van der Waals surface area contributed by atoms with Gasteiger partial charge in [0, 0.05) is 24.3 Å². The first-order valence-corrected chi connectivity index (χ1v) is 9.47. The fourth-order valence-electron chi connectivity index (χ4n) is 2.78. The number of hydrogen-bond acceptors (Lipinski definition) is 4. The van der Waals surface area contributed by atoms with Gasteiger partial charge in [-0.3, -0.25) is 0 Å². The Morgan fingerprint density at radius 2 is 1.73 bits per heavy atom. The van der Waals surface area contributed by atoms with Gasteiger partial charge in [0.15, 0.2) is 0 Å². The van der Waals surface area contributed by atoms with E-state index in [0.717, 1.165) is 25.1 Å². The van der Waals surface area contributed by atoms with Crippen molar-refractivity contribution in [2.45, 2.75) is 56.5 Å². The molecule has 6 heteroatoms. The molecule has 1 aromatic carbocycles. The molecule has 0 radical (unpaired) electrons. The number of sulfonamides is 1. The number of benzene rings is 1. The molecule has 0 aliphatic heterocycles. The lowest BCUT2D eigenvalue weighted by Gasteiger charge is -2.26. The van der Waals surface area contributed by atoms with Crippen molar-refractivity contribution in [2.75, 3.05) is 11.9 Å². The van der Waals surface area contributed by atoms with Crippen molar-refractivity contribution in [3.63, 3.8) is 0 Å². The van der Waals surface area contributed by atoms with Crippen LogP contribution in [0.1, 0.15) is 39.5 Å². The molecular weight excluding hydrogens is 298 g/mol. The highest BCUT2D eigenvalue weighted by Gasteiger charge is 2.18. The second-order valence-electron chi connectivity index (χ2n) is 6.46. The second kappa shape index (κ2) is 7.44. The lowest BCUT2D eigenvalue weighted by molar-refractivity contribution is 0.339. The summed E-state index contributed by atoms with van der Waals surface area (Å²) in [6.45, 7) is 4.54. The Morgan fingerprint density at radius 3 is 2.27 bits per heavy atom. The van der Waals surface area contributed by atoms with Gasteiger partial charge in [-0.2, -0.15) is 0 Å². The van der Waals surface area contributed by atoms with E-state index < -0.39 is 10.0 Å². The van der Waals surface area contributed by atoms with E-state index in [4.69, 9.17) is 5.73 Å². The minimum Gasteiger partial charge on any atom is -0.385 e. The number of nitrogens with one attached hydrogen (secondary N) is 2. The summed E-state index contributed by atoms with van der Waals surface area (Å²) < 4.78 is 26.7. The van der Waals surface area contributed by atoms with Crippen molar-refractivity contribution in [1.29, 1.82) is 0 Å². The zero-order valence-corrected chi connectivity index (χ0v) is 14.2. The van der Waals surface area contributed by atoms with Crippen LogP contribution in [0.2, 0.25) is 0 Å². The third-order valence-electron chi connectivity index (χ3n) is 4.04. The molecule has 0 heterocycles. The minimum absolute atomic E-state index is 0.111. The molecule has 1 aromatic rings. The van der Waals surface area contributed by atoms with Crippen LogP contribution < -0.4 is 15.8 Å².